The zero-order valence-electron chi connectivity index (χ0n) is 13.3. The molecule has 2 rings (SSSR count). The molecule has 0 spiro atoms. The van der Waals surface area contributed by atoms with Crippen LogP contribution in [0.3, 0.4) is 0 Å². The minimum Gasteiger partial charge on any atom is -0.370 e. The first kappa shape index (κ1) is 16.2. The van der Waals surface area contributed by atoms with Crippen LogP contribution in [0.15, 0.2) is 18.5 Å². The molecule has 1 aliphatic rings. The fourth-order valence-electron chi connectivity index (χ4n) is 2.54. The molecule has 1 unspecified atom stereocenters. The SMILES string of the molecule is CN(c1ccncc1CNC(C)(C)C)C1CCS(=O)(=O)C1. The first-order valence-electron chi connectivity index (χ1n) is 7.29. The van der Waals surface area contributed by atoms with E-state index in [0.29, 0.717) is 12.2 Å². The van der Waals surface area contributed by atoms with Gasteiger partial charge in [0, 0.05) is 48.8 Å². The molecular formula is C15H25N3O2S. The first-order chi connectivity index (χ1) is 9.68. The van der Waals surface area contributed by atoms with Gasteiger partial charge in [0.1, 0.15) is 0 Å². The third-order valence-corrected chi connectivity index (χ3v) is 5.57. The van der Waals surface area contributed by atoms with Crippen molar-refractivity contribution >= 4 is 15.5 Å². The molecule has 1 fully saturated rings. The van der Waals surface area contributed by atoms with Crippen molar-refractivity contribution in [1.82, 2.24) is 10.3 Å². The Kier molecular flexibility index (Phi) is 4.58. The normalized spacial score (nSPS) is 21.4. The molecule has 6 heteroatoms. The fraction of sp³-hybridized carbons (Fsp3) is 0.667. The zero-order chi connectivity index (χ0) is 15.7. The summed E-state index contributed by atoms with van der Waals surface area (Å²) in [7, 11) is -0.896. The zero-order valence-corrected chi connectivity index (χ0v) is 14.1. The predicted octanol–water partition coefficient (Wildman–Crippen LogP) is 1.59. The lowest BCUT2D eigenvalue weighted by Crippen LogP contribution is -2.37. The van der Waals surface area contributed by atoms with E-state index in [1.165, 1.54) is 0 Å². The Hall–Kier alpha value is -1.14. The molecule has 5 nitrogen and oxygen atoms in total. The maximum atomic E-state index is 11.7. The summed E-state index contributed by atoms with van der Waals surface area (Å²) in [5.74, 6) is 0.542. The lowest BCUT2D eigenvalue weighted by atomic mass is 10.1. The minimum atomic E-state index is -2.87. The Bertz CT molecular complexity index is 593. The summed E-state index contributed by atoms with van der Waals surface area (Å²) in [5, 5.41) is 3.46. The van der Waals surface area contributed by atoms with Gasteiger partial charge >= 0.3 is 0 Å². The Labute approximate surface area is 127 Å². The molecule has 1 atom stereocenters. The lowest BCUT2D eigenvalue weighted by molar-refractivity contribution is 0.424. The van der Waals surface area contributed by atoms with E-state index >= 15 is 0 Å². The maximum absolute atomic E-state index is 11.7. The van der Waals surface area contributed by atoms with Gasteiger partial charge in [0.2, 0.25) is 0 Å². The third kappa shape index (κ3) is 4.41. The molecule has 1 aliphatic heterocycles. The van der Waals surface area contributed by atoms with Crippen LogP contribution in [-0.4, -0.2) is 43.5 Å². The van der Waals surface area contributed by atoms with Gasteiger partial charge in [-0.15, -0.1) is 0 Å². The predicted molar refractivity (Wildman–Crippen MR) is 86.3 cm³/mol. The Morgan fingerprint density at radius 2 is 2.14 bits per heavy atom. The molecule has 1 N–H and O–H groups in total. The van der Waals surface area contributed by atoms with Crippen molar-refractivity contribution in [3.63, 3.8) is 0 Å². The highest BCUT2D eigenvalue weighted by Gasteiger charge is 2.31. The van der Waals surface area contributed by atoms with Crippen LogP contribution in [-0.2, 0) is 16.4 Å². The van der Waals surface area contributed by atoms with Crippen molar-refractivity contribution in [3.05, 3.63) is 24.0 Å². The van der Waals surface area contributed by atoms with Gasteiger partial charge < -0.3 is 10.2 Å². The van der Waals surface area contributed by atoms with Crippen LogP contribution in [0.25, 0.3) is 0 Å². The Morgan fingerprint density at radius 3 is 2.71 bits per heavy atom. The standard InChI is InChI=1S/C15H25N3O2S/c1-15(2,3)17-10-12-9-16-7-5-14(12)18(4)13-6-8-21(19,20)11-13/h5,7,9,13,17H,6,8,10-11H2,1-4H3. The van der Waals surface area contributed by atoms with Gasteiger partial charge in [-0.3, -0.25) is 4.98 Å². The summed E-state index contributed by atoms with van der Waals surface area (Å²) < 4.78 is 23.3. The molecule has 21 heavy (non-hydrogen) atoms. The quantitative estimate of drug-likeness (QED) is 0.915. The Morgan fingerprint density at radius 1 is 1.43 bits per heavy atom. The molecule has 1 saturated heterocycles. The van der Waals surface area contributed by atoms with Crippen molar-refractivity contribution in [2.24, 2.45) is 0 Å². The molecule has 2 heterocycles. The van der Waals surface area contributed by atoms with Crippen LogP contribution >= 0.6 is 0 Å². The first-order valence-corrected chi connectivity index (χ1v) is 9.11. The number of pyridine rings is 1. The van der Waals surface area contributed by atoms with Gasteiger partial charge in [0.25, 0.3) is 0 Å². The van der Waals surface area contributed by atoms with E-state index in [1.54, 1.807) is 6.20 Å². The van der Waals surface area contributed by atoms with Crippen molar-refractivity contribution < 1.29 is 8.42 Å². The van der Waals surface area contributed by atoms with Crippen LogP contribution in [0.5, 0.6) is 0 Å². The summed E-state index contributed by atoms with van der Waals surface area (Å²) in [6, 6.07) is 2.02. The minimum absolute atomic E-state index is 0.0301. The van der Waals surface area contributed by atoms with E-state index in [1.807, 2.05) is 19.3 Å². The average Bonchev–Trinajstić information content (AvgIpc) is 2.75. The number of aromatic nitrogens is 1. The monoisotopic (exact) mass is 311 g/mol. The average molecular weight is 311 g/mol. The Balaban J connectivity index is 2.16. The molecule has 0 bridgehead atoms. The number of hydrogen-bond acceptors (Lipinski definition) is 5. The second kappa shape index (κ2) is 5.93. The molecule has 0 saturated carbocycles. The van der Waals surface area contributed by atoms with E-state index < -0.39 is 9.84 Å². The number of anilines is 1. The number of nitrogens with zero attached hydrogens (tertiary/aromatic N) is 2. The summed E-state index contributed by atoms with van der Waals surface area (Å²) >= 11 is 0. The molecule has 0 radical (unpaired) electrons. The van der Waals surface area contributed by atoms with E-state index in [4.69, 9.17) is 0 Å². The molecule has 0 aliphatic carbocycles. The molecule has 0 amide bonds. The van der Waals surface area contributed by atoms with Gasteiger partial charge in [-0.05, 0) is 33.3 Å². The van der Waals surface area contributed by atoms with E-state index in [0.717, 1.165) is 17.8 Å². The largest absolute Gasteiger partial charge is 0.370 e. The van der Waals surface area contributed by atoms with Gasteiger partial charge in [-0.1, -0.05) is 0 Å². The molecule has 118 valence electrons. The van der Waals surface area contributed by atoms with E-state index in [-0.39, 0.29) is 17.3 Å². The van der Waals surface area contributed by atoms with Crippen molar-refractivity contribution in [2.75, 3.05) is 23.5 Å². The number of nitrogens with one attached hydrogen (secondary N) is 1. The van der Waals surface area contributed by atoms with Crippen molar-refractivity contribution in [1.29, 1.82) is 0 Å². The topological polar surface area (TPSA) is 62.3 Å². The van der Waals surface area contributed by atoms with E-state index in [9.17, 15) is 8.42 Å². The van der Waals surface area contributed by atoms with Crippen molar-refractivity contribution in [2.45, 2.75) is 45.3 Å². The van der Waals surface area contributed by atoms with Crippen LogP contribution in [0.4, 0.5) is 5.69 Å². The van der Waals surface area contributed by atoms with Crippen LogP contribution < -0.4 is 10.2 Å². The summed E-state index contributed by atoms with van der Waals surface area (Å²) in [6.07, 6.45) is 4.32. The highest BCUT2D eigenvalue weighted by molar-refractivity contribution is 7.91. The number of hydrogen-bond donors (Lipinski definition) is 1. The molecule has 0 aromatic carbocycles. The molecule has 1 aromatic rings. The fourth-order valence-corrected chi connectivity index (χ4v) is 4.31. The van der Waals surface area contributed by atoms with Gasteiger partial charge in [0.15, 0.2) is 9.84 Å². The molecule has 1 aromatic heterocycles. The van der Waals surface area contributed by atoms with Gasteiger partial charge in [0.05, 0.1) is 11.5 Å². The third-order valence-electron chi connectivity index (χ3n) is 3.82. The smallest absolute Gasteiger partial charge is 0.152 e. The highest BCUT2D eigenvalue weighted by Crippen LogP contribution is 2.25. The van der Waals surface area contributed by atoms with Crippen LogP contribution in [0, 0.1) is 0 Å². The number of sulfone groups is 1. The summed E-state index contributed by atoms with van der Waals surface area (Å²) in [5.41, 5.74) is 2.19. The van der Waals surface area contributed by atoms with Gasteiger partial charge in [-0.25, -0.2) is 8.42 Å². The lowest BCUT2D eigenvalue weighted by Gasteiger charge is -2.29. The molecular weight excluding hydrogens is 286 g/mol. The van der Waals surface area contributed by atoms with Crippen molar-refractivity contribution in [3.8, 4) is 0 Å². The maximum Gasteiger partial charge on any atom is 0.152 e. The highest BCUT2D eigenvalue weighted by atomic mass is 32.2. The van der Waals surface area contributed by atoms with E-state index in [2.05, 4.69) is 36.0 Å². The van der Waals surface area contributed by atoms with Crippen LogP contribution in [0.1, 0.15) is 32.8 Å². The second-order valence-corrected chi connectivity index (χ2v) is 9.00. The summed E-state index contributed by atoms with van der Waals surface area (Å²) in [6.45, 7) is 7.08. The summed E-state index contributed by atoms with van der Waals surface area (Å²) in [4.78, 5) is 6.29. The van der Waals surface area contributed by atoms with Crippen LogP contribution in [0.2, 0.25) is 0 Å². The van der Waals surface area contributed by atoms with Gasteiger partial charge in [-0.2, -0.15) is 0 Å². The second-order valence-electron chi connectivity index (χ2n) is 6.78. The number of rotatable bonds is 4.